The standard InChI is InChI=1S/C15H23NO4S/c1-11(2)8-14(15(17)20-4)16-21(18,19)10-13-7-5-6-12(3)9-13/h5-7,9,11,14,16H,8,10H2,1-4H3. The molecular weight excluding hydrogens is 290 g/mol. The third kappa shape index (κ3) is 6.27. The fraction of sp³-hybridized carbons (Fsp3) is 0.533. The van der Waals surface area contributed by atoms with Crippen LogP contribution in [0.5, 0.6) is 0 Å². The minimum atomic E-state index is -3.60. The molecule has 0 amide bonds. The van der Waals surface area contributed by atoms with Crippen molar-refractivity contribution >= 4 is 16.0 Å². The lowest BCUT2D eigenvalue weighted by atomic mass is 10.1. The van der Waals surface area contributed by atoms with Crippen LogP contribution in [0.4, 0.5) is 0 Å². The third-order valence-electron chi connectivity index (χ3n) is 2.95. The summed E-state index contributed by atoms with van der Waals surface area (Å²) in [6.45, 7) is 5.75. The molecule has 0 aromatic heterocycles. The van der Waals surface area contributed by atoms with Crippen molar-refractivity contribution in [3.63, 3.8) is 0 Å². The Morgan fingerprint density at radius 3 is 2.52 bits per heavy atom. The number of methoxy groups -OCH3 is 1. The van der Waals surface area contributed by atoms with E-state index in [0.29, 0.717) is 12.0 Å². The molecule has 0 bridgehead atoms. The normalized spacial score (nSPS) is 13.2. The fourth-order valence-corrected chi connectivity index (χ4v) is 3.41. The Kier molecular flexibility index (Phi) is 6.36. The zero-order chi connectivity index (χ0) is 16.0. The number of hydrogen-bond acceptors (Lipinski definition) is 4. The topological polar surface area (TPSA) is 72.5 Å². The number of sulfonamides is 1. The molecule has 0 spiro atoms. The molecule has 0 fully saturated rings. The second-order valence-electron chi connectivity index (χ2n) is 5.57. The van der Waals surface area contributed by atoms with E-state index in [4.69, 9.17) is 0 Å². The molecule has 0 aliphatic heterocycles. The molecular formula is C15H23NO4S. The van der Waals surface area contributed by atoms with Crippen LogP contribution in [-0.4, -0.2) is 27.5 Å². The first-order valence-electron chi connectivity index (χ1n) is 6.87. The van der Waals surface area contributed by atoms with E-state index in [-0.39, 0.29) is 11.7 Å². The highest BCUT2D eigenvalue weighted by Crippen LogP contribution is 2.11. The predicted octanol–water partition coefficient (Wildman–Crippen LogP) is 2.00. The van der Waals surface area contributed by atoms with Crippen molar-refractivity contribution in [2.45, 2.75) is 39.0 Å². The van der Waals surface area contributed by atoms with Gasteiger partial charge in [-0.15, -0.1) is 0 Å². The summed E-state index contributed by atoms with van der Waals surface area (Å²) in [6.07, 6.45) is 0.403. The lowest BCUT2D eigenvalue weighted by Crippen LogP contribution is -2.42. The van der Waals surface area contributed by atoms with E-state index in [2.05, 4.69) is 9.46 Å². The van der Waals surface area contributed by atoms with E-state index in [1.807, 2.05) is 39.0 Å². The smallest absolute Gasteiger partial charge is 0.323 e. The first kappa shape index (κ1) is 17.7. The highest BCUT2D eigenvalue weighted by atomic mass is 32.2. The van der Waals surface area contributed by atoms with Crippen molar-refractivity contribution in [3.8, 4) is 0 Å². The Bertz CT molecular complexity index is 581. The number of esters is 1. The summed E-state index contributed by atoms with van der Waals surface area (Å²) < 4.78 is 31.5. The average Bonchev–Trinajstić information content (AvgIpc) is 2.35. The monoisotopic (exact) mass is 313 g/mol. The Morgan fingerprint density at radius 2 is 2.00 bits per heavy atom. The van der Waals surface area contributed by atoms with Crippen LogP contribution >= 0.6 is 0 Å². The summed E-state index contributed by atoms with van der Waals surface area (Å²) in [5.74, 6) is -0.535. The van der Waals surface area contributed by atoms with Crippen molar-refractivity contribution in [2.75, 3.05) is 7.11 Å². The Balaban J connectivity index is 2.83. The van der Waals surface area contributed by atoms with E-state index >= 15 is 0 Å². The predicted molar refractivity (Wildman–Crippen MR) is 82.2 cm³/mol. The molecule has 1 rings (SSSR count). The number of hydrogen-bond donors (Lipinski definition) is 1. The van der Waals surface area contributed by atoms with Crippen LogP contribution in [0, 0.1) is 12.8 Å². The number of benzene rings is 1. The quantitative estimate of drug-likeness (QED) is 0.782. The first-order valence-corrected chi connectivity index (χ1v) is 8.52. The van der Waals surface area contributed by atoms with E-state index < -0.39 is 22.0 Å². The van der Waals surface area contributed by atoms with Crippen LogP contribution in [-0.2, 0) is 25.3 Å². The Hall–Kier alpha value is -1.40. The van der Waals surface area contributed by atoms with E-state index in [9.17, 15) is 13.2 Å². The molecule has 1 aromatic rings. The van der Waals surface area contributed by atoms with Crippen LogP contribution in [0.15, 0.2) is 24.3 Å². The lowest BCUT2D eigenvalue weighted by molar-refractivity contribution is -0.143. The van der Waals surface area contributed by atoms with Gasteiger partial charge in [0.1, 0.15) is 6.04 Å². The molecule has 0 aliphatic rings. The van der Waals surface area contributed by atoms with Gasteiger partial charge in [0.25, 0.3) is 0 Å². The minimum absolute atomic E-state index is 0.153. The molecule has 6 heteroatoms. The van der Waals surface area contributed by atoms with Crippen LogP contribution in [0.25, 0.3) is 0 Å². The van der Waals surface area contributed by atoms with Gasteiger partial charge in [0.05, 0.1) is 12.9 Å². The molecule has 0 saturated carbocycles. The molecule has 1 atom stereocenters. The largest absolute Gasteiger partial charge is 0.468 e. The zero-order valence-corrected chi connectivity index (χ0v) is 13.7. The summed E-state index contributed by atoms with van der Waals surface area (Å²) >= 11 is 0. The molecule has 0 aliphatic carbocycles. The Morgan fingerprint density at radius 1 is 1.33 bits per heavy atom. The highest BCUT2D eigenvalue weighted by Gasteiger charge is 2.26. The summed E-state index contributed by atoms with van der Waals surface area (Å²) in [5, 5.41) is 0. The number of carbonyl (C=O) groups excluding carboxylic acids is 1. The average molecular weight is 313 g/mol. The minimum Gasteiger partial charge on any atom is -0.468 e. The number of rotatable bonds is 7. The van der Waals surface area contributed by atoms with Gasteiger partial charge in [0.15, 0.2) is 0 Å². The van der Waals surface area contributed by atoms with Crippen LogP contribution < -0.4 is 4.72 Å². The molecule has 1 unspecified atom stereocenters. The second kappa shape index (κ2) is 7.56. The van der Waals surface area contributed by atoms with Crippen molar-refractivity contribution < 1.29 is 17.9 Å². The van der Waals surface area contributed by atoms with Crippen LogP contribution in [0.1, 0.15) is 31.4 Å². The first-order chi connectivity index (χ1) is 9.73. The van der Waals surface area contributed by atoms with Gasteiger partial charge < -0.3 is 4.74 Å². The highest BCUT2D eigenvalue weighted by molar-refractivity contribution is 7.88. The number of carbonyl (C=O) groups is 1. The number of aryl methyl sites for hydroxylation is 1. The zero-order valence-electron chi connectivity index (χ0n) is 12.9. The van der Waals surface area contributed by atoms with Crippen molar-refractivity contribution in [3.05, 3.63) is 35.4 Å². The van der Waals surface area contributed by atoms with Gasteiger partial charge in [-0.2, -0.15) is 0 Å². The molecule has 0 radical (unpaired) electrons. The fourth-order valence-electron chi connectivity index (χ4n) is 2.09. The van der Waals surface area contributed by atoms with Gasteiger partial charge in [-0.1, -0.05) is 43.7 Å². The SMILES string of the molecule is COC(=O)C(CC(C)C)NS(=O)(=O)Cc1cccc(C)c1. The molecule has 5 nitrogen and oxygen atoms in total. The maximum Gasteiger partial charge on any atom is 0.323 e. The third-order valence-corrected chi connectivity index (χ3v) is 4.31. The molecule has 0 saturated heterocycles. The Labute approximate surface area is 126 Å². The van der Waals surface area contributed by atoms with Crippen molar-refractivity contribution in [1.29, 1.82) is 0 Å². The van der Waals surface area contributed by atoms with Gasteiger partial charge in [-0.05, 0) is 24.8 Å². The number of ether oxygens (including phenoxy) is 1. The van der Waals surface area contributed by atoms with Gasteiger partial charge in [0, 0.05) is 0 Å². The van der Waals surface area contributed by atoms with Gasteiger partial charge >= 0.3 is 5.97 Å². The number of nitrogens with one attached hydrogen (secondary N) is 1. The second-order valence-corrected chi connectivity index (χ2v) is 7.33. The van der Waals surface area contributed by atoms with Crippen LogP contribution in [0.3, 0.4) is 0 Å². The lowest BCUT2D eigenvalue weighted by Gasteiger charge is -2.18. The van der Waals surface area contributed by atoms with E-state index in [0.717, 1.165) is 5.56 Å². The van der Waals surface area contributed by atoms with Gasteiger partial charge in [-0.25, -0.2) is 13.1 Å². The summed E-state index contributed by atoms with van der Waals surface area (Å²) in [6, 6.07) is 6.44. The van der Waals surface area contributed by atoms with Gasteiger partial charge in [0.2, 0.25) is 10.0 Å². The molecule has 1 N–H and O–H groups in total. The maximum absolute atomic E-state index is 12.2. The maximum atomic E-state index is 12.2. The molecule has 0 heterocycles. The summed E-state index contributed by atoms with van der Waals surface area (Å²) in [4.78, 5) is 11.7. The van der Waals surface area contributed by atoms with Gasteiger partial charge in [-0.3, -0.25) is 4.79 Å². The summed E-state index contributed by atoms with van der Waals surface area (Å²) in [7, 11) is -2.35. The molecule has 1 aromatic carbocycles. The van der Waals surface area contributed by atoms with Crippen LogP contribution in [0.2, 0.25) is 0 Å². The van der Waals surface area contributed by atoms with E-state index in [1.165, 1.54) is 7.11 Å². The molecule has 21 heavy (non-hydrogen) atoms. The van der Waals surface area contributed by atoms with Crippen molar-refractivity contribution in [2.24, 2.45) is 5.92 Å². The van der Waals surface area contributed by atoms with E-state index in [1.54, 1.807) is 6.07 Å². The summed E-state index contributed by atoms with van der Waals surface area (Å²) in [5.41, 5.74) is 1.69. The molecule has 118 valence electrons. The van der Waals surface area contributed by atoms with Crippen molar-refractivity contribution in [1.82, 2.24) is 4.72 Å².